The fourth-order valence-electron chi connectivity index (χ4n) is 4.43. The lowest BCUT2D eigenvalue weighted by Gasteiger charge is -2.28. The first-order valence-electron chi connectivity index (χ1n) is 10.9. The van der Waals surface area contributed by atoms with E-state index in [1.165, 1.54) is 0 Å². The van der Waals surface area contributed by atoms with E-state index in [2.05, 4.69) is 39.8 Å². The standard InChI is InChI=1S/C25H28N4O3/c1-3-26-24(31)25(13-15-29(17-25)23(30)21-12-14-27-28-21)16-18-8-10-19(11-9-18)20-6-4-5-7-22(20)32-2/h4-12,14H,3,13,15-17H2,1-2H3,(H,26,31)(H,27,28)/t25-/m0/s1. The number of H-pyrrole nitrogens is 1. The number of carbonyl (C=O) groups excluding carboxylic acids is 2. The average molecular weight is 433 g/mol. The van der Waals surface area contributed by atoms with Crippen LogP contribution in [0.4, 0.5) is 0 Å². The summed E-state index contributed by atoms with van der Waals surface area (Å²) in [6, 6.07) is 17.8. The molecule has 2 heterocycles. The van der Waals surface area contributed by atoms with Crippen molar-refractivity contribution in [3.63, 3.8) is 0 Å². The number of benzene rings is 2. The summed E-state index contributed by atoms with van der Waals surface area (Å²) in [4.78, 5) is 27.7. The largest absolute Gasteiger partial charge is 0.496 e. The van der Waals surface area contributed by atoms with E-state index >= 15 is 0 Å². The molecule has 0 radical (unpaired) electrons. The zero-order valence-corrected chi connectivity index (χ0v) is 18.4. The SMILES string of the molecule is CCNC(=O)[C@]1(Cc2ccc(-c3ccccc3OC)cc2)CCN(C(=O)c2ccn[nH]2)C1. The summed E-state index contributed by atoms with van der Waals surface area (Å²) < 4.78 is 5.48. The zero-order valence-electron chi connectivity index (χ0n) is 18.4. The van der Waals surface area contributed by atoms with Crippen LogP contribution < -0.4 is 10.1 Å². The van der Waals surface area contributed by atoms with Crippen LogP contribution >= 0.6 is 0 Å². The van der Waals surface area contributed by atoms with E-state index in [1.807, 2.05) is 31.2 Å². The van der Waals surface area contributed by atoms with Crippen LogP contribution in [0.15, 0.2) is 60.8 Å². The molecule has 3 aromatic rings. The Morgan fingerprint density at radius 3 is 2.62 bits per heavy atom. The highest BCUT2D eigenvalue weighted by Gasteiger charge is 2.46. The Morgan fingerprint density at radius 2 is 1.94 bits per heavy atom. The molecule has 0 spiro atoms. The highest BCUT2D eigenvalue weighted by molar-refractivity contribution is 5.93. The lowest BCUT2D eigenvalue weighted by molar-refractivity contribution is -0.130. The third-order valence-electron chi connectivity index (χ3n) is 6.11. The molecule has 1 atom stereocenters. The minimum atomic E-state index is -0.655. The number of hydrogen-bond acceptors (Lipinski definition) is 4. The normalized spacial score (nSPS) is 17.9. The molecule has 0 bridgehead atoms. The molecule has 32 heavy (non-hydrogen) atoms. The molecule has 0 aliphatic carbocycles. The smallest absolute Gasteiger partial charge is 0.271 e. The van der Waals surface area contributed by atoms with Crippen molar-refractivity contribution in [2.24, 2.45) is 5.41 Å². The van der Waals surface area contributed by atoms with Crippen LogP contribution in [-0.2, 0) is 11.2 Å². The lowest BCUT2D eigenvalue weighted by atomic mass is 9.79. The lowest BCUT2D eigenvalue weighted by Crippen LogP contribution is -2.45. The van der Waals surface area contributed by atoms with Crippen LogP contribution in [0.5, 0.6) is 5.75 Å². The summed E-state index contributed by atoms with van der Waals surface area (Å²) in [5.41, 5.74) is 2.93. The van der Waals surface area contributed by atoms with Gasteiger partial charge in [0.05, 0.1) is 12.5 Å². The van der Waals surface area contributed by atoms with Gasteiger partial charge in [-0.1, -0.05) is 42.5 Å². The van der Waals surface area contributed by atoms with Crippen molar-refractivity contribution in [3.8, 4) is 16.9 Å². The fourth-order valence-corrected chi connectivity index (χ4v) is 4.43. The van der Waals surface area contributed by atoms with E-state index in [-0.39, 0.29) is 11.8 Å². The van der Waals surface area contributed by atoms with Crippen LogP contribution in [0.1, 0.15) is 29.4 Å². The summed E-state index contributed by atoms with van der Waals surface area (Å²) >= 11 is 0. The van der Waals surface area contributed by atoms with Crippen molar-refractivity contribution in [1.82, 2.24) is 20.4 Å². The molecule has 4 rings (SSSR count). The quantitative estimate of drug-likeness (QED) is 0.600. The Bertz CT molecular complexity index is 1080. The number of nitrogens with zero attached hydrogens (tertiary/aromatic N) is 2. The summed E-state index contributed by atoms with van der Waals surface area (Å²) in [5, 5.41) is 9.57. The van der Waals surface area contributed by atoms with E-state index < -0.39 is 5.41 Å². The van der Waals surface area contributed by atoms with Crippen LogP contribution in [0.25, 0.3) is 11.1 Å². The highest BCUT2D eigenvalue weighted by Crippen LogP contribution is 2.36. The molecule has 7 nitrogen and oxygen atoms in total. The van der Waals surface area contributed by atoms with Gasteiger partial charge in [0.15, 0.2) is 0 Å². The van der Waals surface area contributed by atoms with Gasteiger partial charge in [-0.05, 0) is 43.0 Å². The number of hydrogen-bond donors (Lipinski definition) is 2. The number of rotatable bonds is 7. The molecule has 2 aromatic carbocycles. The van der Waals surface area contributed by atoms with Crippen molar-refractivity contribution in [2.45, 2.75) is 19.8 Å². The highest BCUT2D eigenvalue weighted by atomic mass is 16.5. The van der Waals surface area contributed by atoms with E-state index in [1.54, 1.807) is 24.3 Å². The molecule has 1 aromatic heterocycles. The number of ether oxygens (including phenoxy) is 1. The molecule has 1 fully saturated rings. The van der Waals surface area contributed by atoms with E-state index in [9.17, 15) is 9.59 Å². The van der Waals surface area contributed by atoms with Gasteiger partial charge in [0.25, 0.3) is 5.91 Å². The van der Waals surface area contributed by atoms with Gasteiger partial charge in [0.2, 0.25) is 5.91 Å². The van der Waals surface area contributed by atoms with Gasteiger partial charge in [-0.25, -0.2) is 0 Å². The van der Waals surface area contributed by atoms with Gasteiger partial charge >= 0.3 is 0 Å². The molecular weight excluding hydrogens is 404 g/mol. The van der Waals surface area contributed by atoms with Gasteiger partial charge in [0, 0.05) is 31.4 Å². The maximum Gasteiger partial charge on any atom is 0.271 e. The topological polar surface area (TPSA) is 87.3 Å². The maximum atomic E-state index is 13.1. The van der Waals surface area contributed by atoms with Crippen molar-refractivity contribution in [1.29, 1.82) is 0 Å². The molecule has 1 saturated heterocycles. The number of aromatic amines is 1. The zero-order chi connectivity index (χ0) is 22.6. The van der Waals surface area contributed by atoms with Gasteiger partial charge in [-0.3, -0.25) is 14.7 Å². The predicted molar refractivity (Wildman–Crippen MR) is 122 cm³/mol. The molecule has 1 aliphatic heterocycles. The van der Waals surface area contributed by atoms with Crippen LogP contribution in [-0.4, -0.2) is 53.7 Å². The fraction of sp³-hybridized carbons (Fsp3) is 0.320. The van der Waals surface area contributed by atoms with Crippen LogP contribution in [0.2, 0.25) is 0 Å². The van der Waals surface area contributed by atoms with Gasteiger partial charge in [-0.2, -0.15) is 5.10 Å². The van der Waals surface area contributed by atoms with Gasteiger partial charge < -0.3 is 15.0 Å². The van der Waals surface area contributed by atoms with Crippen molar-refractivity contribution in [2.75, 3.05) is 26.7 Å². The second-order valence-corrected chi connectivity index (χ2v) is 8.16. The van der Waals surface area contributed by atoms with E-state index in [0.29, 0.717) is 38.2 Å². The van der Waals surface area contributed by atoms with Crippen LogP contribution in [0, 0.1) is 5.41 Å². The molecule has 7 heteroatoms. The monoisotopic (exact) mass is 432 g/mol. The third kappa shape index (κ3) is 4.23. The number of methoxy groups -OCH3 is 1. The molecule has 0 saturated carbocycles. The predicted octanol–water partition coefficient (Wildman–Crippen LogP) is 3.30. The molecular formula is C25H28N4O3. The Labute approximate surface area is 187 Å². The summed E-state index contributed by atoms with van der Waals surface area (Å²) in [5.74, 6) is 0.691. The Balaban J connectivity index is 1.56. The summed E-state index contributed by atoms with van der Waals surface area (Å²) in [6.07, 6.45) is 2.74. The Hall–Kier alpha value is -3.61. The number of likely N-dealkylation sites (tertiary alicyclic amines) is 1. The number of aromatic nitrogens is 2. The van der Waals surface area contributed by atoms with E-state index in [4.69, 9.17) is 4.74 Å². The van der Waals surface area contributed by atoms with Gasteiger partial charge in [0.1, 0.15) is 11.4 Å². The maximum absolute atomic E-state index is 13.1. The Morgan fingerprint density at radius 1 is 1.16 bits per heavy atom. The first kappa shape index (κ1) is 21.6. The average Bonchev–Trinajstić information content (AvgIpc) is 3.51. The van der Waals surface area contributed by atoms with Crippen LogP contribution in [0.3, 0.4) is 0 Å². The van der Waals surface area contributed by atoms with E-state index in [0.717, 1.165) is 22.4 Å². The van der Waals surface area contributed by atoms with Crippen molar-refractivity contribution < 1.29 is 14.3 Å². The van der Waals surface area contributed by atoms with Gasteiger partial charge in [-0.15, -0.1) is 0 Å². The second-order valence-electron chi connectivity index (χ2n) is 8.16. The number of para-hydroxylation sites is 1. The first-order chi connectivity index (χ1) is 15.6. The molecule has 2 N–H and O–H groups in total. The van der Waals surface area contributed by atoms with Crippen molar-refractivity contribution in [3.05, 3.63) is 72.1 Å². The minimum Gasteiger partial charge on any atom is -0.496 e. The summed E-state index contributed by atoms with van der Waals surface area (Å²) in [6.45, 7) is 3.39. The Kier molecular flexibility index (Phi) is 6.25. The number of nitrogens with one attached hydrogen (secondary N) is 2. The molecule has 2 amide bonds. The second kappa shape index (κ2) is 9.26. The molecule has 0 unspecified atom stereocenters. The number of carbonyl (C=O) groups is 2. The minimum absolute atomic E-state index is 0.00582. The van der Waals surface area contributed by atoms with Crippen molar-refractivity contribution >= 4 is 11.8 Å². The summed E-state index contributed by atoms with van der Waals surface area (Å²) in [7, 11) is 1.67. The molecule has 166 valence electrons. The third-order valence-corrected chi connectivity index (χ3v) is 6.11. The first-order valence-corrected chi connectivity index (χ1v) is 10.9. The number of amides is 2. The molecule has 1 aliphatic rings.